The van der Waals surface area contributed by atoms with Crippen LogP contribution >= 0.6 is 0 Å². The van der Waals surface area contributed by atoms with Crippen LogP contribution in [0, 0.1) is 0 Å². The van der Waals surface area contributed by atoms with E-state index in [1.807, 2.05) is 0 Å². The standard InChI is InChI=1S/C16H22N2O8/c1-9(20)17-12-10(21)7-16(15(24)25,18-5-3-2-4-6-18)26-14(12)13(23)11(22)8-19/h2-6,10-14,19,21-23H,7-8H2,1H3,(H-,17,20,24,25)/t10-,11+,12+,13+,14+,16+/m0/s1. The number of aliphatic hydroxyl groups excluding tert-OH is 4. The van der Waals surface area contributed by atoms with Gasteiger partial charge in [0.2, 0.25) is 5.91 Å². The van der Waals surface area contributed by atoms with Gasteiger partial charge in [-0.05, 0) is 0 Å². The summed E-state index contributed by atoms with van der Waals surface area (Å²) in [6, 6.07) is 3.50. The number of hydrogen-bond donors (Lipinski definition) is 5. The summed E-state index contributed by atoms with van der Waals surface area (Å²) in [5.74, 6) is -2.23. The Morgan fingerprint density at radius 2 is 1.96 bits per heavy atom. The fraction of sp³-hybridized carbons (Fsp3) is 0.562. The van der Waals surface area contributed by atoms with Crippen molar-refractivity contribution in [2.45, 2.75) is 49.5 Å². The van der Waals surface area contributed by atoms with E-state index in [4.69, 9.17) is 9.84 Å². The summed E-state index contributed by atoms with van der Waals surface area (Å²) in [6.45, 7) is 0.339. The lowest BCUT2D eigenvalue weighted by atomic mass is 9.87. The molecule has 1 aromatic heterocycles. The van der Waals surface area contributed by atoms with Gasteiger partial charge in [-0.2, -0.15) is 4.57 Å². The first-order valence-corrected chi connectivity index (χ1v) is 8.01. The van der Waals surface area contributed by atoms with Crippen LogP contribution in [0.4, 0.5) is 0 Å². The second-order valence-electron chi connectivity index (χ2n) is 6.18. The fourth-order valence-corrected chi connectivity index (χ4v) is 3.04. The molecule has 0 radical (unpaired) electrons. The maximum Gasteiger partial charge on any atom is 0.316 e. The first kappa shape index (κ1) is 20.2. The number of aliphatic carboxylic acids is 1. The number of aliphatic hydroxyl groups is 4. The van der Waals surface area contributed by atoms with E-state index in [9.17, 15) is 30.0 Å². The van der Waals surface area contributed by atoms with E-state index in [1.165, 1.54) is 31.5 Å². The van der Waals surface area contributed by atoms with Crippen LogP contribution in [0.5, 0.6) is 0 Å². The highest BCUT2D eigenvalue weighted by atomic mass is 16.6. The lowest BCUT2D eigenvalue weighted by molar-refractivity contribution is -0.806. The molecule has 0 spiro atoms. The zero-order chi connectivity index (χ0) is 19.5. The molecule has 1 fully saturated rings. The van der Waals surface area contributed by atoms with Gasteiger partial charge in [0.05, 0.1) is 25.2 Å². The van der Waals surface area contributed by atoms with Crippen LogP contribution in [0.1, 0.15) is 13.3 Å². The quantitative estimate of drug-likeness (QED) is 0.314. The zero-order valence-electron chi connectivity index (χ0n) is 14.1. The molecular formula is C16H22N2O8. The molecule has 5 N–H and O–H groups in total. The van der Waals surface area contributed by atoms with Crippen molar-refractivity contribution in [3.8, 4) is 0 Å². The number of rotatable bonds is 6. The third kappa shape index (κ3) is 3.84. The summed E-state index contributed by atoms with van der Waals surface area (Å²) < 4.78 is 6.75. The number of nitrogens with zero attached hydrogens (tertiary/aromatic N) is 1. The first-order valence-electron chi connectivity index (χ1n) is 8.01. The van der Waals surface area contributed by atoms with Crippen LogP contribution in [0.15, 0.2) is 30.6 Å². The Bertz CT molecular complexity index is 642. The smallest absolute Gasteiger partial charge is 0.316 e. The van der Waals surface area contributed by atoms with Crippen LogP contribution in [-0.4, -0.2) is 69.4 Å². The summed E-state index contributed by atoms with van der Waals surface area (Å²) in [6.07, 6.45) is -4.15. The molecule has 0 aliphatic carbocycles. The van der Waals surface area contributed by atoms with Crippen molar-refractivity contribution in [1.82, 2.24) is 5.32 Å². The molecule has 1 aromatic rings. The molecule has 1 aliphatic rings. The largest absolute Gasteiger partial charge is 0.541 e. The topological polar surface area (TPSA) is 163 Å². The first-order chi connectivity index (χ1) is 12.2. The van der Waals surface area contributed by atoms with Gasteiger partial charge >= 0.3 is 5.72 Å². The van der Waals surface area contributed by atoms with E-state index in [0.29, 0.717) is 0 Å². The summed E-state index contributed by atoms with van der Waals surface area (Å²) >= 11 is 0. The number of ether oxygens (including phenoxy) is 1. The molecule has 26 heavy (non-hydrogen) atoms. The highest BCUT2D eigenvalue weighted by Gasteiger charge is 2.57. The molecule has 10 heteroatoms. The number of carboxylic acid groups (broad SMARTS) is 1. The molecule has 10 nitrogen and oxygen atoms in total. The maximum absolute atomic E-state index is 11.9. The minimum atomic E-state index is -2.18. The maximum atomic E-state index is 11.9. The van der Waals surface area contributed by atoms with Gasteiger partial charge in [0.1, 0.15) is 24.3 Å². The van der Waals surface area contributed by atoms with Crippen molar-refractivity contribution in [2.24, 2.45) is 0 Å². The zero-order valence-corrected chi connectivity index (χ0v) is 14.1. The van der Waals surface area contributed by atoms with E-state index < -0.39 is 61.1 Å². The Labute approximate surface area is 149 Å². The Morgan fingerprint density at radius 3 is 2.46 bits per heavy atom. The molecule has 0 aromatic carbocycles. The molecule has 0 bridgehead atoms. The van der Waals surface area contributed by atoms with Crippen molar-refractivity contribution in [3.05, 3.63) is 30.6 Å². The van der Waals surface area contributed by atoms with Crippen LogP contribution in [0.2, 0.25) is 0 Å². The van der Waals surface area contributed by atoms with Gasteiger partial charge in [-0.25, -0.2) is 0 Å². The molecule has 144 valence electrons. The van der Waals surface area contributed by atoms with E-state index in [2.05, 4.69) is 5.32 Å². The van der Waals surface area contributed by atoms with E-state index >= 15 is 0 Å². The molecule has 2 heterocycles. The van der Waals surface area contributed by atoms with E-state index in [1.54, 1.807) is 6.07 Å². The number of carboxylic acids is 1. The minimum Gasteiger partial charge on any atom is -0.541 e. The third-order valence-corrected chi connectivity index (χ3v) is 4.32. The number of aromatic nitrogens is 1. The van der Waals surface area contributed by atoms with E-state index in [-0.39, 0.29) is 0 Å². The molecular weight excluding hydrogens is 348 g/mol. The molecule has 6 atom stereocenters. The van der Waals surface area contributed by atoms with Gasteiger partial charge in [0.15, 0.2) is 12.4 Å². The Kier molecular flexibility index (Phi) is 6.26. The van der Waals surface area contributed by atoms with Gasteiger partial charge in [-0.15, -0.1) is 0 Å². The number of amides is 1. The molecule has 2 rings (SSSR count). The minimum absolute atomic E-state index is 0.479. The number of nitrogens with one attached hydrogen (secondary N) is 1. The number of carbonyl (C=O) groups excluding carboxylic acids is 2. The van der Waals surface area contributed by atoms with Crippen molar-refractivity contribution in [1.29, 1.82) is 0 Å². The van der Waals surface area contributed by atoms with Crippen molar-refractivity contribution >= 4 is 11.9 Å². The summed E-state index contributed by atoms with van der Waals surface area (Å²) in [7, 11) is 0. The van der Waals surface area contributed by atoms with Crippen LogP contribution < -0.4 is 15.0 Å². The second-order valence-corrected chi connectivity index (χ2v) is 6.18. The highest BCUT2D eigenvalue weighted by Crippen LogP contribution is 2.32. The van der Waals surface area contributed by atoms with Gasteiger partial charge < -0.3 is 40.4 Å². The van der Waals surface area contributed by atoms with Gasteiger partial charge in [0.25, 0.3) is 0 Å². The van der Waals surface area contributed by atoms with Crippen molar-refractivity contribution < 1.29 is 44.4 Å². The lowest BCUT2D eigenvalue weighted by Crippen LogP contribution is -2.75. The predicted molar refractivity (Wildman–Crippen MR) is 81.8 cm³/mol. The SMILES string of the molecule is CC(=O)N[C@H]1[C@H]([C@H](O)[C@H](O)CO)O[C@](C(=O)[O-])([n+]2ccccc2)C[C@@H]1O. The normalized spacial score (nSPS) is 31.0. The van der Waals surface area contributed by atoms with Crippen LogP contribution in [-0.2, 0) is 20.1 Å². The van der Waals surface area contributed by atoms with Gasteiger partial charge in [-0.1, -0.05) is 6.07 Å². The summed E-state index contributed by atoms with van der Waals surface area (Å²) in [5.41, 5.74) is -2.18. The Balaban J connectivity index is 2.48. The van der Waals surface area contributed by atoms with Gasteiger partial charge in [0, 0.05) is 19.1 Å². The van der Waals surface area contributed by atoms with Crippen molar-refractivity contribution in [3.63, 3.8) is 0 Å². The molecule has 1 aliphatic heterocycles. The molecule has 0 saturated carbocycles. The molecule has 1 amide bonds. The number of hydrogen-bond acceptors (Lipinski definition) is 8. The van der Waals surface area contributed by atoms with Crippen LogP contribution in [0.25, 0.3) is 0 Å². The highest BCUT2D eigenvalue weighted by molar-refractivity contribution is 5.74. The second kappa shape index (κ2) is 8.06. The van der Waals surface area contributed by atoms with Gasteiger partial charge in [-0.3, -0.25) is 4.79 Å². The monoisotopic (exact) mass is 370 g/mol. The molecule has 1 saturated heterocycles. The van der Waals surface area contributed by atoms with Crippen LogP contribution in [0.3, 0.4) is 0 Å². The Morgan fingerprint density at radius 1 is 1.35 bits per heavy atom. The third-order valence-electron chi connectivity index (χ3n) is 4.32. The number of pyridine rings is 1. The average Bonchev–Trinajstić information content (AvgIpc) is 2.62. The summed E-state index contributed by atoms with van der Waals surface area (Å²) in [5, 5.41) is 53.9. The lowest BCUT2D eigenvalue weighted by Gasteiger charge is -2.45. The average molecular weight is 370 g/mol. The van der Waals surface area contributed by atoms with Crippen molar-refractivity contribution in [2.75, 3.05) is 6.61 Å². The van der Waals surface area contributed by atoms with E-state index in [0.717, 1.165) is 4.57 Å². The fourth-order valence-electron chi connectivity index (χ4n) is 3.04. The summed E-state index contributed by atoms with van der Waals surface area (Å²) in [4.78, 5) is 23.3. The Hall–Kier alpha value is -2.11. The molecule has 0 unspecified atom stereocenters. The predicted octanol–water partition coefficient (Wildman–Crippen LogP) is -4.25. The number of carbonyl (C=O) groups is 2.